The topological polar surface area (TPSA) is 75.5 Å². The summed E-state index contributed by atoms with van der Waals surface area (Å²) in [7, 11) is -3.66. The van der Waals surface area contributed by atoms with Crippen molar-refractivity contribution in [2.24, 2.45) is 0 Å². The minimum Gasteiger partial charge on any atom is -0.288 e. The maximum Gasteiger partial charge on any atom is 0.266 e. The summed E-state index contributed by atoms with van der Waals surface area (Å²) in [5.41, 5.74) is 3.52. The molecule has 2 saturated heterocycles. The summed E-state index contributed by atoms with van der Waals surface area (Å²) in [6.07, 6.45) is 7.43. The monoisotopic (exact) mass is 648 g/mol. The van der Waals surface area contributed by atoms with Crippen molar-refractivity contribution in [2.75, 3.05) is 13.1 Å². The highest BCUT2D eigenvalue weighted by Crippen LogP contribution is 2.37. The molecule has 3 aromatic carbocycles. The fourth-order valence-electron chi connectivity index (χ4n) is 5.24. The molecular weight excluding hydrogens is 620 g/mol. The van der Waals surface area contributed by atoms with E-state index in [1.807, 2.05) is 60.8 Å². The molecule has 7 nitrogen and oxygen atoms in total. The summed E-state index contributed by atoms with van der Waals surface area (Å²) in [4.78, 5) is 15.8. The lowest BCUT2D eigenvalue weighted by atomic mass is 10.1. The quantitative estimate of drug-likeness (QED) is 0.156. The third-order valence-corrected chi connectivity index (χ3v) is 11.2. The summed E-state index contributed by atoms with van der Waals surface area (Å²) in [6, 6.07) is 23.9. The molecule has 1 amide bonds. The number of hydrogen-bond acceptors (Lipinski definition) is 6. The number of thioether (sulfide) groups is 1. The highest BCUT2D eigenvalue weighted by Gasteiger charge is 2.33. The van der Waals surface area contributed by atoms with E-state index in [0.29, 0.717) is 44.2 Å². The molecule has 0 N–H and O–H groups in total. The number of aromatic nitrogens is 2. The first-order valence-corrected chi connectivity index (χ1v) is 17.1. The Hall–Kier alpha value is -3.28. The maximum absolute atomic E-state index is 13.6. The van der Waals surface area contributed by atoms with E-state index in [4.69, 9.17) is 28.9 Å². The molecule has 0 unspecified atom stereocenters. The van der Waals surface area contributed by atoms with Crippen LogP contribution in [0.3, 0.4) is 0 Å². The predicted molar refractivity (Wildman–Crippen MR) is 176 cm³/mol. The van der Waals surface area contributed by atoms with Gasteiger partial charge in [0.15, 0.2) is 0 Å². The zero-order chi connectivity index (χ0) is 30.0. The summed E-state index contributed by atoms with van der Waals surface area (Å²) in [5.74, 6) is -0.217. The largest absolute Gasteiger partial charge is 0.288 e. The fourth-order valence-corrected chi connectivity index (χ4v) is 8.24. The normalized spacial score (nSPS) is 17.5. The molecule has 6 rings (SSSR count). The van der Waals surface area contributed by atoms with E-state index in [1.54, 1.807) is 44.2 Å². The van der Waals surface area contributed by atoms with Crippen LogP contribution in [0.5, 0.6) is 0 Å². The van der Waals surface area contributed by atoms with Crippen LogP contribution >= 0.6 is 35.6 Å². The van der Waals surface area contributed by atoms with Crippen LogP contribution in [0.15, 0.2) is 94.9 Å². The van der Waals surface area contributed by atoms with Gasteiger partial charge in [-0.1, -0.05) is 97.0 Å². The lowest BCUT2D eigenvalue weighted by Gasteiger charge is -2.20. The minimum atomic E-state index is -3.66. The molecule has 2 fully saturated rings. The van der Waals surface area contributed by atoms with Crippen molar-refractivity contribution < 1.29 is 13.2 Å². The average Bonchev–Trinajstić information content (AvgIpc) is 3.40. The maximum atomic E-state index is 13.6. The number of hydrogen-bond donors (Lipinski definition) is 0. The predicted octanol–water partition coefficient (Wildman–Crippen LogP) is 7.16. The Morgan fingerprint density at radius 3 is 2.40 bits per heavy atom. The van der Waals surface area contributed by atoms with Gasteiger partial charge >= 0.3 is 0 Å². The molecule has 2 aliphatic rings. The molecule has 3 heterocycles. The minimum absolute atomic E-state index is 0.217. The van der Waals surface area contributed by atoms with E-state index in [-0.39, 0.29) is 17.3 Å². The molecule has 0 aliphatic carbocycles. The zero-order valence-electron chi connectivity index (χ0n) is 23.2. The Balaban J connectivity index is 1.38. The summed E-state index contributed by atoms with van der Waals surface area (Å²) in [6.45, 7) is 1.32. The van der Waals surface area contributed by atoms with Crippen LogP contribution < -0.4 is 0 Å². The fraction of sp³-hybridized carbons (Fsp3) is 0.219. The highest BCUT2D eigenvalue weighted by molar-refractivity contribution is 8.26. The van der Waals surface area contributed by atoms with Gasteiger partial charge in [-0.3, -0.25) is 9.69 Å². The number of benzene rings is 3. The number of amides is 1. The second-order valence-electron chi connectivity index (χ2n) is 10.4. The average molecular weight is 649 g/mol. The van der Waals surface area contributed by atoms with Gasteiger partial charge in [0.25, 0.3) is 5.91 Å². The van der Waals surface area contributed by atoms with E-state index >= 15 is 0 Å². The lowest BCUT2D eigenvalue weighted by Crippen LogP contribution is -2.31. The van der Waals surface area contributed by atoms with Crippen molar-refractivity contribution >= 4 is 61.9 Å². The Morgan fingerprint density at radius 1 is 0.930 bits per heavy atom. The smallest absolute Gasteiger partial charge is 0.266 e. The molecule has 0 radical (unpaired) electrons. The molecule has 0 saturated carbocycles. The van der Waals surface area contributed by atoms with Gasteiger partial charge < -0.3 is 0 Å². The second kappa shape index (κ2) is 12.8. The van der Waals surface area contributed by atoms with Crippen molar-refractivity contribution in [1.82, 2.24) is 19.0 Å². The van der Waals surface area contributed by atoms with E-state index in [2.05, 4.69) is 0 Å². The number of carbonyl (C=O) groups excluding carboxylic acids is 1. The Kier molecular flexibility index (Phi) is 8.83. The second-order valence-corrected chi connectivity index (χ2v) is 14.4. The van der Waals surface area contributed by atoms with E-state index < -0.39 is 10.0 Å². The highest BCUT2D eigenvalue weighted by atomic mass is 35.5. The Bertz CT molecular complexity index is 1810. The molecule has 43 heavy (non-hydrogen) atoms. The van der Waals surface area contributed by atoms with Crippen LogP contribution in [0.4, 0.5) is 0 Å². The zero-order valence-corrected chi connectivity index (χ0v) is 26.4. The van der Waals surface area contributed by atoms with Crippen molar-refractivity contribution in [1.29, 1.82) is 0 Å². The molecule has 11 heteroatoms. The van der Waals surface area contributed by atoms with E-state index in [0.717, 1.165) is 36.9 Å². The first-order valence-electron chi connectivity index (χ1n) is 14.1. The van der Waals surface area contributed by atoms with E-state index in [9.17, 15) is 13.2 Å². The third-order valence-electron chi connectivity index (χ3n) is 7.52. The molecule has 0 spiro atoms. The van der Waals surface area contributed by atoms with Crippen LogP contribution in [-0.2, 0) is 21.4 Å². The van der Waals surface area contributed by atoms with E-state index in [1.165, 1.54) is 11.8 Å². The first-order chi connectivity index (χ1) is 20.8. The number of halogens is 1. The van der Waals surface area contributed by atoms with Crippen molar-refractivity contribution in [3.8, 4) is 16.9 Å². The third kappa shape index (κ3) is 6.34. The van der Waals surface area contributed by atoms with Gasteiger partial charge in [0.1, 0.15) is 10.0 Å². The lowest BCUT2D eigenvalue weighted by molar-refractivity contribution is -0.122. The van der Waals surface area contributed by atoms with Gasteiger partial charge in [-0.25, -0.2) is 13.1 Å². The van der Waals surface area contributed by atoms with Crippen molar-refractivity contribution in [3.63, 3.8) is 0 Å². The van der Waals surface area contributed by atoms with Crippen LogP contribution in [-0.4, -0.2) is 50.7 Å². The number of rotatable bonds is 7. The molecule has 4 aromatic rings. The summed E-state index contributed by atoms with van der Waals surface area (Å²) in [5, 5.41) is 5.44. The molecule has 0 bridgehead atoms. The SMILES string of the molecule is O=C1/C(=C/c2cn(-c3ccccc3)nc2-c2cccc(S(=O)(=O)N3CCCCCC3)c2)SC(=S)N1Cc1ccccc1Cl. The van der Waals surface area contributed by atoms with Gasteiger partial charge in [0, 0.05) is 35.4 Å². The first kappa shape index (κ1) is 29.8. The van der Waals surface area contributed by atoms with Gasteiger partial charge in [-0.05, 0) is 54.8 Å². The van der Waals surface area contributed by atoms with Crippen molar-refractivity contribution in [2.45, 2.75) is 37.1 Å². The standard InChI is InChI=1S/C32H29ClN4O3S3/c33-28-16-7-6-11-24(28)21-36-31(38)29(42-32(36)41)20-25-22-37(26-13-4-3-5-14-26)34-30(25)23-12-10-15-27(19-23)43(39,40)35-17-8-1-2-9-18-35/h3-7,10-16,19-20,22H,1-2,8-9,17-18,21H2/b29-20-. The Morgan fingerprint density at radius 2 is 1.65 bits per heavy atom. The molecular formula is C32H29ClN4O3S3. The molecule has 0 atom stereocenters. The molecule has 220 valence electrons. The summed E-state index contributed by atoms with van der Waals surface area (Å²) < 4.78 is 31.0. The van der Waals surface area contributed by atoms with Crippen LogP contribution in [0.1, 0.15) is 36.8 Å². The number of para-hydroxylation sites is 1. The van der Waals surface area contributed by atoms with Crippen molar-refractivity contribution in [3.05, 3.63) is 106 Å². The van der Waals surface area contributed by atoms with Gasteiger partial charge in [0.2, 0.25) is 10.0 Å². The van der Waals surface area contributed by atoms with Crippen LogP contribution in [0.25, 0.3) is 23.0 Å². The Labute approximate surface area is 266 Å². The number of thiocarbonyl (C=S) groups is 1. The summed E-state index contributed by atoms with van der Waals surface area (Å²) >= 11 is 13.2. The van der Waals surface area contributed by atoms with Crippen LogP contribution in [0, 0.1) is 0 Å². The number of nitrogens with zero attached hydrogens (tertiary/aromatic N) is 4. The van der Waals surface area contributed by atoms with Gasteiger partial charge in [0.05, 0.1) is 22.0 Å². The molecule has 2 aliphatic heterocycles. The molecule has 1 aromatic heterocycles. The van der Waals surface area contributed by atoms with Crippen LogP contribution in [0.2, 0.25) is 5.02 Å². The van der Waals surface area contributed by atoms with Gasteiger partial charge in [-0.15, -0.1) is 0 Å². The van der Waals surface area contributed by atoms with Gasteiger partial charge in [-0.2, -0.15) is 9.40 Å². The number of sulfonamides is 1. The number of carbonyl (C=O) groups is 1.